The Hall–Kier alpha value is -4.40. The first kappa shape index (κ1) is 27.6. The summed E-state index contributed by atoms with van der Waals surface area (Å²) in [5.74, 6) is -1.08. The molecule has 3 N–H and O–H groups in total. The fourth-order valence-electron chi connectivity index (χ4n) is 3.49. The molecule has 0 fully saturated rings. The molecule has 4 rings (SSSR count). The normalized spacial score (nSPS) is 11.8. The van der Waals surface area contributed by atoms with Crippen LogP contribution < -0.4 is 16.0 Å². The summed E-state index contributed by atoms with van der Waals surface area (Å²) >= 11 is 7.47. The van der Waals surface area contributed by atoms with Gasteiger partial charge < -0.3 is 16.0 Å². The monoisotopic (exact) mass is 556 g/mol. The number of rotatable bonds is 9. The molecule has 0 aliphatic carbocycles. The summed E-state index contributed by atoms with van der Waals surface area (Å²) in [5, 5.41) is 8.52. The van der Waals surface area contributed by atoms with E-state index in [2.05, 4.69) is 20.9 Å². The summed E-state index contributed by atoms with van der Waals surface area (Å²) in [6, 6.07) is 26.2. The van der Waals surface area contributed by atoms with Gasteiger partial charge in [-0.25, -0.2) is 0 Å². The van der Waals surface area contributed by atoms with Crippen molar-refractivity contribution in [2.45, 2.75) is 17.1 Å². The summed E-state index contributed by atoms with van der Waals surface area (Å²) in [6.07, 6.45) is 4.78. The molecule has 0 aliphatic rings. The third-order valence-corrected chi connectivity index (χ3v) is 6.74. The highest BCUT2D eigenvalue weighted by Gasteiger charge is 2.17. The lowest BCUT2D eigenvalue weighted by Gasteiger charge is -2.14. The summed E-state index contributed by atoms with van der Waals surface area (Å²) in [5.41, 5.74) is 2.30. The molecular formula is C30H25ClN4O3S. The van der Waals surface area contributed by atoms with Crippen molar-refractivity contribution in [2.24, 2.45) is 0 Å². The Balaban J connectivity index is 1.48. The van der Waals surface area contributed by atoms with Gasteiger partial charge in [-0.15, -0.1) is 11.8 Å². The maximum absolute atomic E-state index is 13.3. The summed E-state index contributed by atoms with van der Waals surface area (Å²) in [6.45, 7) is 1.80. The van der Waals surface area contributed by atoms with Crippen molar-refractivity contribution in [3.05, 3.63) is 125 Å². The van der Waals surface area contributed by atoms with Gasteiger partial charge in [0.05, 0.1) is 5.25 Å². The standard InChI is InChI=1S/C30H25ClN4O3S/c1-20(28(36)33-24-13-15-32-16-14-24)39-26-12-6-11-25(19-26)34-30(38)27(18-21-7-5-10-23(31)17-21)35-29(37)22-8-3-2-4-9-22/h2-20H,1H3,(H,34,38)(H,35,37)(H,32,33,36)/b27-18-. The quantitative estimate of drug-likeness (QED) is 0.167. The summed E-state index contributed by atoms with van der Waals surface area (Å²) in [4.78, 5) is 43.5. The number of thioether (sulfide) groups is 1. The molecule has 4 aromatic rings. The maximum Gasteiger partial charge on any atom is 0.272 e. The number of pyridine rings is 1. The SMILES string of the molecule is CC(Sc1cccc(NC(=O)/C(=C/c2cccc(Cl)c2)NC(=O)c2ccccc2)c1)C(=O)Nc1ccncc1. The van der Waals surface area contributed by atoms with Crippen molar-refractivity contribution >= 4 is 58.5 Å². The van der Waals surface area contributed by atoms with Crippen molar-refractivity contribution in [1.29, 1.82) is 0 Å². The van der Waals surface area contributed by atoms with E-state index in [1.807, 2.05) is 6.07 Å². The van der Waals surface area contributed by atoms with E-state index in [9.17, 15) is 14.4 Å². The Bertz CT molecular complexity index is 1500. The highest BCUT2D eigenvalue weighted by atomic mass is 35.5. The van der Waals surface area contributed by atoms with Gasteiger partial charge in [0.1, 0.15) is 5.70 Å². The molecule has 196 valence electrons. The van der Waals surface area contributed by atoms with Gasteiger partial charge in [-0.2, -0.15) is 0 Å². The van der Waals surface area contributed by atoms with E-state index in [0.717, 1.165) is 4.90 Å². The van der Waals surface area contributed by atoms with Crippen LogP contribution in [0.4, 0.5) is 11.4 Å². The second kappa shape index (κ2) is 13.4. The third-order valence-electron chi connectivity index (χ3n) is 5.41. The van der Waals surface area contributed by atoms with E-state index in [0.29, 0.717) is 27.5 Å². The molecule has 1 atom stereocenters. The van der Waals surface area contributed by atoms with E-state index >= 15 is 0 Å². The molecule has 0 bridgehead atoms. The van der Waals surface area contributed by atoms with Crippen molar-refractivity contribution in [1.82, 2.24) is 10.3 Å². The van der Waals surface area contributed by atoms with Gasteiger partial charge in [0.15, 0.2) is 0 Å². The zero-order chi connectivity index (χ0) is 27.6. The molecule has 1 unspecified atom stereocenters. The number of aromatic nitrogens is 1. The number of nitrogens with zero attached hydrogens (tertiary/aromatic N) is 1. The number of carbonyl (C=O) groups is 3. The molecule has 0 spiro atoms. The van der Waals surface area contributed by atoms with E-state index in [-0.39, 0.29) is 11.6 Å². The molecule has 1 aromatic heterocycles. The van der Waals surface area contributed by atoms with E-state index in [1.54, 1.807) is 110 Å². The van der Waals surface area contributed by atoms with Gasteiger partial charge in [0.2, 0.25) is 5.91 Å². The predicted molar refractivity (Wildman–Crippen MR) is 157 cm³/mol. The Morgan fingerprint density at radius 1 is 0.846 bits per heavy atom. The van der Waals surface area contributed by atoms with E-state index in [4.69, 9.17) is 11.6 Å². The van der Waals surface area contributed by atoms with Gasteiger partial charge in [0, 0.05) is 39.3 Å². The molecular weight excluding hydrogens is 532 g/mol. The molecule has 7 nitrogen and oxygen atoms in total. The van der Waals surface area contributed by atoms with Crippen LogP contribution >= 0.6 is 23.4 Å². The van der Waals surface area contributed by atoms with Crippen LogP contribution in [0.25, 0.3) is 6.08 Å². The largest absolute Gasteiger partial charge is 0.325 e. The Kier molecular flexibility index (Phi) is 9.50. The number of carbonyl (C=O) groups excluding carboxylic acids is 3. The highest BCUT2D eigenvalue weighted by molar-refractivity contribution is 8.00. The second-order valence-corrected chi connectivity index (χ2v) is 10.3. The van der Waals surface area contributed by atoms with Crippen LogP contribution in [-0.4, -0.2) is 28.0 Å². The van der Waals surface area contributed by atoms with Crippen LogP contribution in [-0.2, 0) is 9.59 Å². The smallest absolute Gasteiger partial charge is 0.272 e. The topological polar surface area (TPSA) is 100 Å². The van der Waals surface area contributed by atoms with E-state index < -0.39 is 17.1 Å². The zero-order valence-corrected chi connectivity index (χ0v) is 22.5. The Labute approximate surface area is 235 Å². The van der Waals surface area contributed by atoms with Gasteiger partial charge in [-0.3, -0.25) is 19.4 Å². The van der Waals surface area contributed by atoms with Crippen LogP contribution in [0.15, 0.2) is 114 Å². The molecule has 0 aliphatic heterocycles. The van der Waals surface area contributed by atoms with Gasteiger partial charge in [0.25, 0.3) is 11.8 Å². The summed E-state index contributed by atoms with van der Waals surface area (Å²) < 4.78 is 0. The molecule has 3 aromatic carbocycles. The molecule has 1 heterocycles. The lowest BCUT2D eigenvalue weighted by atomic mass is 10.1. The molecule has 3 amide bonds. The predicted octanol–water partition coefficient (Wildman–Crippen LogP) is 6.26. The first-order valence-corrected chi connectivity index (χ1v) is 13.3. The lowest BCUT2D eigenvalue weighted by molar-refractivity contribution is -0.115. The Morgan fingerprint density at radius 3 is 2.33 bits per heavy atom. The number of nitrogens with one attached hydrogen (secondary N) is 3. The maximum atomic E-state index is 13.3. The van der Waals surface area contributed by atoms with Crippen LogP contribution in [0.3, 0.4) is 0 Å². The molecule has 0 saturated carbocycles. The minimum Gasteiger partial charge on any atom is -0.325 e. The van der Waals surface area contributed by atoms with E-state index in [1.165, 1.54) is 11.8 Å². The van der Waals surface area contributed by atoms with Gasteiger partial charge in [-0.05, 0) is 73.2 Å². The number of halogens is 1. The van der Waals surface area contributed by atoms with Crippen molar-refractivity contribution in [3.63, 3.8) is 0 Å². The number of benzene rings is 3. The number of hydrogen-bond donors (Lipinski definition) is 3. The fraction of sp³-hybridized carbons (Fsp3) is 0.0667. The minimum atomic E-state index is -0.509. The number of anilines is 2. The van der Waals surface area contributed by atoms with Crippen LogP contribution in [0.2, 0.25) is 5.02 Å². The first-order chi connectivity index (χ1) is 18.9. The van der Waals surface area contributed by atoms with Crippen LogP contribution in [0, 0.1) is 0 Å². The zero-order valence-electron chi connectivity index (χ0n) is 20.9. The van der Waals surface area contributed by atoms with Crippen molar-refractivity contribution in [2.75, 3.05) is 10.6 Å². The Morgan fingerprint density at radius 2 is 1.59 bits per heavy atom. The highest BCUT2D eigenvalue weighted by Crippen LogP contribution is 2.27. The average Bonchev–Trinajstić information content (AvgIpc) is 2.94. The van der Waals surface area contributed by atoms with Gasteiger partial charge >= 0.3 is 0 Å². The second-order valence-electron chi connectivity index (χ2n) is 8.40. The first-order valence-electron chi connectivity index (χ1n) is 12.0. The number of hydrogen-bond acceptors (Lipinski definition) is 5. The minimum absolute atomic E-state index is 0.0503. The summed E-state index contributed by atoms with van der Waals surface area (Å²) in [7, 11) is 0. The van der Waals surface area contributed by atoms with Crippen LogP contribution in [0.5, 0.6) is 0 Å². The molecule has 0 saturated heterocycles. The fourth-order valence-corrected chi connectivity index (χ4v) is 4.61. The average molecular weight is 557 g/mol. The molecule has 39 heavy (non-hydrogen) atoms. The number of amides is 3. The van der Waals surface area contributed by atoms with Gasteiger partial charge in [-0.1, -0.05) is 48.0 Å². The molecule has 9 heteroatoms. The third kappa shape index (κ3) is 8.29. The van der Waals surface area contributed by atoms with Crippen molar-refractivity contribution < 1.29 is 14.4 Å². The lowest BCUT2D eigenvalue weighted by Crippen LogP contribution is -2.30. The van der Waals surface area contributed by atoms with Crippen LogP contribution in [0.1, 0.15) is 22.8 Å². The molecule has 0 radical (unpaired) electrons. The van der Waals surface area contributed by atoms with Crippen molar-refractivity contribution in [3.8, 4) is 0 Å².